The van der Waals surface area contributed by atoms with E-state index in [1.165, 1.54) is 50.5 Å². The minimum Gasteiger partial charge on any atom is -0.491 e. The first-order valence-electron chi connectivity index (χ1n) is 15.6. The van der Waals surface area contributed by atoms with Gasteiger partial charge in [-0.05, 0) is 37.5 Å². The lowest BCUT2D eigenvalue weighted by atomic mass is 10.0. The van der Waals surface area contributed by atoms with Crippen molar-refractivity contribution in [2.24, 2.45) is 0 Å². The first kappa shape index (κ1) is 38.0. The molecular formula is C33H56O9. The lowest BCUT2D eigenvalue weighted by Gasteiger charge is -2.09. The van der Waals surface area contributed by atoms with Crippen LogP contribution in [0.1, 0.15) is 64.4 Å². The average molecular weight is 597 g/mol. The molecule has 0 radical (unpaired) electrons. The monoisotopic (exact) mass is 596 g/mol. The van der Waals surface area contributed by atoms with Crippen LogP contribution >= 0.6 is 0 Å². The summed E-state index contributed by atoms with van der Waals surface area (Å²) >= 11 is 0. The number of aryl methyl sites for hydroxylation is 1. The van der Waals surface area contributed by atoms with Gasteiger partial charge in [-0.15, -0.1) is 0 Å². The van der Waals surface area contributed by atoms with E-state index in [9.17, 15) is 4.79 Å². The zero-order chi connectivity index (χ0) is 30.4. The maximum atomic E-state index is 11.2. The van der Waals surface area contributed by atoms with Gasteiger partial charge < -0.3 is 37.9 Å². The van der Waals surface area contributed by atoms with E-state index < -0.39 is 5.97 Å². The Kier molecular flexibility index (Phi) is 26.3. The molecule has 0 aliphatic heterocycles. The minimum atomic E-state index is -0.406. The summed E-state index contributed by atoms with van der Waals surface area (Å²) in [6, 6.07) is 8.43. The molecule has 1 aromatic rings. The number of ether oxygens (including phenoxy) is 8. The smallest absolute Gasteiger partial charge is 0.333 e. The number of carbonyl (C=O) groups is 1. The van der Waals surface area contributed by atoms with Crippen LogP contribution in [0.25, 0.3) is 0 Å². The maximum Gasteiger partial charge on any atom is 0.333 e. The number of hydrogen-bond donors (Lipinski definition) is 0. The Balaban J connectivity index is 1.76. The van der Waals surface area contributed by atoms with Crippen LogP contribution in [0.5, 0.6) is 5.75 Å². The lowest BCUT2D eigenvalue weighted by Crippen LogP contribution is -2.15. The molecule has 42 heavy (non-hydrogen) atoms. The molecule has 0 saturated carbocycles. The summed E-state index contributed by atoms with van der Waals surface area (Å²) in [6.45, 7) is 13.9. The van der Waals surface area contributed by atoms with Crippen molar-refractivity contribution in [2.45, 2.75) is 65.2 Å². The number of esters is 1. The van der Waals surface area contributed by atoms with Gasteiger partial charge in [-0.1, -0.05) is 64.2 Å². The molecule has 0 amide bonds. The fourth-order valence-electron chi connectivity index (χ4n) is 3.78. The molecule has 1 aromatic carbocycles. The SMILES string of the molecule is C=C(C)C(=O)OCCOCCOCCOCCOCCOCCOCCOc1ccc(CCCCCCCCC)cc1. The highest BCUT2D eigenvalue weighted by Crippen LogP contribution is 2.15. The Morgan fingerprint density at radius 3 is 1.43 bits per heavy atom. The second kappa shape index (κ2) is 29.1. The molecule has 0 bridgehead atoms. The van der Waals surface area contributed by atoms with E-state index in [1.54, 1.807) is 6.92 Å². The van der Waals surface area contributed by atoms with E-state index in [-0.39, 0.29) is 6.61 Å². The molecule has 0 aliphatic carbocycles. The van der Waals surface area contributed by atoms with Crippen molar-refractivity contribution in [2.75, 3.05) is 92.5 Å². The van der Waals surface area contributed by atoms with Gasteiger partial charge in [0.2, 0.25) is 0 Å². The van der Waals surface area contributed by atoms with Gasteiger partial charge in [-0.3, -0.25) is 0 Å². The zero-order valence-electron chi connectivity index (χ0n) is 26.2. The minimum absolute atomic E-state index is 0.207. The summed E-state index contributed by atoms with van der Waals surface area (Å²) in [7, 11) is 0. The van der Waals surface area contributed by atoms with Crippen LogP contribution in [0.2, 0.25) is 0 Å². The number of rotatable bonds is 31. The number of benzene rings is 1. The van der Waals surface area contributed by atoms with Gasteiger partial charge in [0.15, 0.2) is 0 Å². The van der Waals surface area contributed by atoms with Crippen LogP contribution in [0.4, 0.5) is 0 Å². The second-order valence-electron chi connectivity index (χ2n) is 9.95. The predicted octanol–water partition coefficient (Wildman–Crippen LogP) is 5.58. The summed E-state index contributed by atoms with van der Waals surface area (Å²) in [5.41, 5.74) is 1.75. The highest BCUT2D eigenvalue weighted by Gasteiger charge is 2.02. The van der Waals surface area contributed by atoms with Crippen molar-refractivity contribution in [1.29, 1.82) is 0 Å². The summed E-state index contributed by atoms with van der Waals surface area (Å²) in [4.78, 5) is 11.2. The largest absolute Gasteiger partial charge is 0.491 e. The zero-order valence-corrected chi connectivity index (χ0v) is 26.2. The number of hydrogen-bond acceptors (Lipinski definition) is 9. The molecule has 0 atom stereocenters. The molecule has 0 fully saturated rings. The van der Waals surface area contributed by atoms with Crippen molar-refractivity contribution in [3.8, 4) is 5.75 Å². The molecule has 0 aliphatic rings. The summed E-state index contributed by atoms with van der Waals surface area (Å²) in [6.07, 6.45) is 10.5. The van der Waals surface area contributed by atoms with Gasteiger partial charge in [-0.25, -0.2) is 4.79 Å². The van der Waals surface area contributed by atoms with Crippen LogP contribution < -0.4 is 4.74 Å². The van der Waals surface area contributed by atoms with Crippen LogP contribution in [0.3, 0.4) is 0 Å². The van der Waals surface area contributed by atoms with Crippen molar-refractivity contribution < 1.29 is 42.7 Å². The van der Waals surface area contributed by atoms with Crippen molar-refractivity contribution in [3.63, 3.8) is 0 Å². The molecular weight excluding hydrogens is 540 g/mol. The van der Waals surface area contributed by atoms with Gasteiger partial charge in [-0.2, -0.15) is 0 Å². The van der Waals surface area contributed by atoms with Gasteiger partial charge in [0.25, 0.3) is 0 Å². The normalized spacial score (nSPS) is 11.1. The molecule has 0 saturated heterocycles. The standard InChI is InChI=1S/C33H56O9/c1-4-5-6-7-8-9-10-11-31-12-14-32(15-13-31)41-28-26-39-24-22-37-20-18-35-16-17-36-19-21-38-23-25-40-27-29-42-33(34)30(2)3/h12-15H,2,4-11,16-29H2,1,3H3. The highest BCUT2D eigenvalue weighted by molar-refractivity contribution is 5.86. The van der Waals surface area contributed by atoms with E-state index in [0.717, 1.165) is 12.2 Å². The van der Waals surface area contributed by atoms with Gasteiger partial charge in [0.1, 0.15) is 19.0 Å². The summed E-state index contributed by atoms with van der Waals surface area (Å²) in [5.74, 6) is 0.477. The van der Waals surface area contributed by atoms with Crippen LogP contribution in [0.15, 0.2) is 36.4 Å². The molecule has 0 spiro atoms. The van der Waals surface area contributed by atoms with E-state index in [4.69, 9.17) is 37.9 Å². The molecule has 1 rings (SSSR count). The molecule has 0 unspecified atom stereocenters. The second-order valence-corrected chi connectivity index (χ2v) is 9.95. The molecule has 242 valence electrons. The van der Waals surface area contributed by atoms with Gasteiger partial charge >= 0.3 is 5.97 Å². The average Bonchev–Trinajstić information content (AvgIpc) is 2.99. The Labute approximate surface area is 254 Å². The Morgan fingerprint density at radius 1 is 0.571 bits per heavy atom. The third-order valence-electron chi connectivity index (χ3n) is 6.16. The Morgan fingerprint density at radius 2 is 0.976 bits per heavy atom. The fourth-order valence-corrected chi connectivity index (χ4v) is 3.78. The lowest BCUT2D eigenvalue weighted by molar-refractivity contribution is -0.140. The van der Waals surface area contributed by atoms with Crippen molar-refractivity contribution in [1.82, 2.24) is 0 Å². The fraction of sp³-hybridized carbons (Fsp3) is 0.727. The van der Waals surface area contributed by atoms with E-state index in [0.29, 0.717) is 91.5 Å². The first-order valence-corrected chi connectivity index (χ1v) is 15.6. The maximum absolute atomic E-state index is 11.2. The van der Waals surface area contributed by atoms with Crippen molar-refractivity contribution in [3.05, 3.63) is 42.0 Å². The molecule has 0 N–H and O–H groups in total. The van der Waals surface area contributed by atoms with Crippen LogP contribution in [-0.2, 0) is 44.4 Å². The van der Waals surface area contributed by atoms with Crippen molar-refractivity contribution >= 4 is 5.97 Å². The topological polar surface area (TPSA) is 90.9 Å². The molecule has 9 nitrogen and oxygen atoms in total. The predicted molar refractivity (Wildman–Crippen MR) is 164 cm³/mol. The van der Waals surface area contributed by atoms with E-state index >= 15 is 0 Å². The van der Waals surface area contributed by atoms with Crippen LogP contribution in [0, 0.1) is 0 Å². The Hall–Kier alpha value is -2.01. The van der Waals surface area contributed by atoms with Gasteiger partial charge in [0.05, 0.1) is 79.3 Å². The van der Waals surface area contributed by atoms with Gasteiger partial charge in [0, 0.05) is 5.57 Å². The summed E-state index contributed by atoms with van der Waals surface area (Å²) in [5, 5.41) is 0. The van der Waals surface area contributed by atoms with E-state index in [2.05, 4.69) is 25.6 Å². The quantitative estimate of drug-likeness (QED) is 0.0619. The van der Waals surface area contributed by atoms with Crippen LogP contribution in [-0.4, -0.2) is 98.5 Å². The molecule has 0 aromatic heterocycles. The number of unbranched alkanes of at least 4 members (excludes halogenated alkanes) is 6. The Bertz CT molecular complexity index is 754. The third kappa shape index (κ3) is 24.6. The number of carbonyl (C=O) groups excluding carboxylic acids is 1. The van der Waals surface area contributed by atoms with E-state index in [1.807, 2.05) is 12.1 Å². The molecule has 0 heterocycles. The molecule has 9 heteroatoms. The third-order valence-corrected chi connectivity index (χ3v) is 6.16. The first-order chi connectivity index (χ1) is 20.6. The highest BCUT2D eigenvalue weighted by atomic mass is 16.6. The summed E-state index contributed by atoms with van der Waals surface area (Å²) < 4.78 is 43.4.